The van der Waals surface area contributed by atoms with Crippen molar-refractivity contribution >= 4 is 5.91 Å². The first-order chi connectivity index (χ1) is 10.1. The number of carbonyl (C=O) groups excluding carboxylic acids is 1. The summed E-state index contributed by atoms with van der Waals surface area (Å²) in [6.45, 7) is 4.67. The topological polar surface area (TPSA) is 38.3 Å². The Morgan fingerprint density at radius 2 is 1.90 bits per heavy atom. The van der Waals surface area contributed by atoms with E-state index in [1.807, 2.05) is 37.3 Å². The Morgan fingerprint density at radius 3 is 2.57 bits per heavy atom. The van der Waals surface area contributed by atoms with Gasteiger partial charge in [-0.1, -0.05) is 43.3 Å². The second kappa shape index (κ2) is 6.93. The van der Waals surface area contributed by atoms with Gasteiger partial charge in [-0.15, -0.1) is 0 Å². The summed E-state index contributed by atoms with van der Waals surface area (Å²) in [5.74, 6) is 0.942. The Balaban J connectivity index is 1.99. The Labute approximate surface area is 126 Å². The third-order valence-corrected chi connectivity index (χ3v) is 3.61. The molecule has 2 aromatic rings. The summed E-state index contributed by atoms with van der Waals surface area (Å²) in [4.78, 5) is 12.2. The monoisotopic (exact) mass is 283 g/mol. The molecule has 0 saturated carbocycles. The van der Waals surface area contributed by atoms with Crippen LogP contribution in [0.4, 0.5) is 0 Å². The van der Waals surface area contributed by atoms with Crippen molar-refractivity contribution in [2.24, 2.45) is 0 Å². The van der Waals surface area contributed by atoms with Crippen molar-refractivity contribution in [3.63, 3.8) is 0 Å². The molecule has 110 valence electrons. The van der Waals surface area contributed by atoms with E-state index in [9.17, 15) is 4.79 Å². The number of rotatable bonds is 5. The van der Waals surface area contributed by atoms with Gasteiger partial charge in [0.2, 0.25) is 0 Å². The minimum absolute atomic E-state index is 0.0731. The zero-order valence-electron chi connectivity index (χ0n) is 12.7. The molecule has 0 fully saturated rings. The highest BCUT2D eigenvalue weighted by Gasteiger charge is 2.11. The van der Waals surface area contributed by atoms with Gasteiger partial charge in [0, 0.05) is 12.1 Å². The summed E-state index contributed by atoms with van der Waals surface area (Å²) >= 11 is 0. The van der Waals surface area contributed by atoms with E-state index in [0.717, 1.165) is 11.3 Å². The van der Waals surface area contributed by atoms with Crippen LogP contribution in [0, 0.1) is 6.92 Å². The largest absolute Gasteiger partial charge is 0.496 e. The Hall–Kier alpha value is -2.29. The summed E-state index contributed by atoms with van der Waals surface area (Å²) < 4.78 is 5.25. The molecule has 3 heteroatoms. The molecule has 21 heavy (non-hydrogen) atoms. The van der Waals surface area contributed by atoms with Gasteiger partial charge in [0.1, 0.15) is 5.75 Å². The molecule has 3 nitrogen and oxygen atoms in total. The minimum atomic E-state index is -0.0731. The molecule has 0 aliphatic heterocycles. The minimum Gasteiger partial charge on any atom is -0.496 e. The molecule has 1 amide bonds. The fourth-order valence-electron chi connectivity index (χ4n) is 2.21. The maximum atomic E-state index is 12.2. The zero-order chi connectivity index (χ0) is 15.2. The third-order valence-electron chi connectivity index (χ3n) is 3.61. The van der Waals surface area contributed by atoms with Gasteiger partial charge < -0.3 is 10.1 Å². The van der Waals surface area contributed by atoms with Crippen LogP contribution in [0.3, 0.4) is 0 Å². The molecule has 0 heterocycles. The van der Waals surface area contributed by atoms with Crippen LogP contribution in [-0.4, -0.2) is 19.6 Å². The number of nitrogens with one attached hydrogen (secondary N) is 1. The number of benzene rings is 2. The number of ether oxygens (including phenoxy) is 1. The predicted octanol–water partition coefficient (Wildman–Crippen LogP) is 3.54. The number of hydrogen-bond acceptors (Lipinski definition) is 2. The number of amides is 1. The summed E-state index contributed by atoms with van der Waals surface area (Å²) in [6.07, 6.45) is 0. The number of aryl methyl sites for hydroxylation is 1. The third kappa shape index (κ3) is 3.85. The molecule has 1 atom stereocenters. The number of hydrogen-bond donors (Lipinski definition) is 1. The molecular weight excluding hydrogens is 262 g/mol. The number of methoxy groups -OCH3 is 1. The zero-order valence-corrected chi connectivity index (χ0v) is 12.7. The van der Waals surface area contributed by atoms with Crippen LogP contribution in [0.5, 0.6) is 5.75 Å². The van der Waals surface area contributed by atoms with Gasteiger partial charge in [-0.2, -0.15) is 0 Å². The Bertz CT molecular complexity index is 608. The van der Waals surface area contributed by atoms with Crippen molar-refractivity contribution < 1.29 is 9.53 Å². The lowest BCUT2D eigenvalue weighted by Crippen LogP contribution is -2.27. The van der Waals surface area contributed by atoms with E-state index in [-0.39, 0.29) is 11.8 Å². The summed E-state index contributed by atoms with van der Waals surface area (Å²) in [5, 5.41) is 2.97. The van der Waals surface area contributed by atoms with Crippen molar-refractivity contribution in [2.45, 2.75) is 19.8 Å². The lowest BCUT2D eigenvalue weighted by molar-refractivity contribution is 0.0951. The van der Waals surface area contributed by atoms with Crippen molar-refractivity contribution in [1.29, 1.82) is 0 Å². The maximum Gasteiger partial charge on any atom is 0.251 e. The highest BCUT2D eigenvalue weighted by Crippen LogP contribution is 2.19. The van der Waals surface area contributed by atoms with Crippen molar-refractivity contribution in [2.75, 3.05) is 13.7 Å². The summed E-state index contributed by atoms with van der Waals surface area (Å²) in [7, 11) is 1.61. The van der Waals surface area contributed by atoms with Crippen LogP contribution >= 0.6 is 0 Å². The van der Waals surface area contributed by atoms with Crippen LogP contribution in [0.2, 0.25) is 0 Å². The Morgan fingerprint density at radius 1 is 1.19 bits per heavy atom. The van der Waals surface area contributed by atoms with Gasteiger partial charge in [-0.3, -0.25) is 4.79 Å². The second-order valence-corrected chi connectivity index (χ2v) is 5.21. The molecule has 0 saturated heterocycles. The molecule has 2 aromatic carbocycles. The standard InChI is InChI=1S/C18H21NO2/c1-13-9-10-16(11-17(13)21-3)18(20)19-12-14(2)15-7-5-4-6-8-15/h4-11,14H,12H2,1-3H3,(H,19,20)/t14-/m0/s1. The first-order valence-electron chi connectivity index (χ1n) is 7.09. The second-order valence-electron chi connectivity index (χ2n) is 5.21. The molecule has 0 unspecified atom stereocenters. The molecule has 0 aliphatic carbocycles. The van der Waals surface area contributed by atoms with Crippen LogP contribution in [0.25, 0.3) is 0 Å². The van der Waals surface area contributed by atoms with Crippen molar-refractivity contribution in [3.8, 4) is 5.75 Å². The predicted molar refractivity (Wildman–Crippen MR) is 84.9 cm³/mol. The van der Waals surface area contributed by atoms with Crippen molar-refractivity contribution in [3.05, 3.63) is 65.2 Å². The van der Waals surface area contributed by atoms with Gasteiger partial charge in [0.25, 0.3) is 5.91 Å². The molecule has 0 bridgehead atoms. The van der Waals surface area contributed by atoms with E-state index < -0.39 is 0 Å². The van der Waals surface area contributed by atoms with Crippen LogP contribution < -0.4 is 10.1 Å². The molecule has 0 aliphatic rings. The van der Waals surface area contributed by atoms with Gasteiger partial charge in [-0.05, 0) is 36.1 Å². The SMILES string of the molecule is COc1cc(C(=O)NC[C@H](C)c2ccccc2)ccc1C. The quantitative estimate of drug-likeness (QED) is 0.911. The molecule has 0 spiro atoms. The van der Waals surface area contributed by atoms with E-state index in [0.29, 0.717) is 12.1 Å². The van der Waals surface area contributed by atoms with Crippen LogP contribution in [-0.2, 0) is 0 Å². The average Bonchev–Trinajstić information content (AvgIpc) is 2.53. The highest BCUT2D eigenvalue weighted by molar-refractivity contribution is 5.94. The molecule has 0 radical (unpaired) electrons. The normalized spacial score (nSPS) is 11.8. The smallest absolute Gasteiger partial charge is 0.251 e. The fraction of sp³-hybridized carbons (Fsp3) is 0.278. The number of carbonyl (C=O) groups is 1. The van der Waals surface area contributed by atoms with E-state index in [4.69, 9.17) is 4.74 Å². The van der Waals surface area contributed by atoms with E-state index >= 15 is 0 Å². The first kappa shape index (κ1) is 15.1. The Kier molecular flexibility index (Phi) is 4.99. The molecular formula is C18H21NO2. The van der Waals surface area contributed by atoms with E-state index in [1.165, 1.54) is 5.56 Å². The van der Waals surface area contributed by atoms with E-state index in [1.54, 1.807) is 13.2 Å². The fourth-order valence-corrected chi connectivity index (χ4v) is 2.21. The van der Waals surface area contributed by atoms with Crippen LogP contribution in [0.1, 0.15) is 34.3 Å². The van der Waals surface area contributed by atoms with Gasteiger partial charge in [0.05, 0.1) is 7.11 Å². The summed E-state index contributed by atoms with van der Waals surface area (Å²) in [6, 6.07) is 15.7. The average molecular weight is 283 g/mol. The van der Waals surface area contributed by atoms with Crippen LogP contribution in [0.15, 0.2) is 48.5 Å². The highest BCUT2D eigenvalue weighted by atomic mass is 16.5. The molecule has 2 rings (SSSR count). The van der Waals surface area contributed by atoms with Gasteiger partial charge >= 0.3 is 0 Å². The summed E-state index contributed by atoms with van der Waals surface area (Å²) in [5.41, 5.74) is 2.86. The first-order valence-corrected chi connectivity index (χ1v) is 7.09. The molecule has 0 aromatic heterocycles. The van der Waals surface area contributed by atoms with E-state index in [2.05, 4.69) is 24.4 Å². The van der Waals surface area contributed by atoms with Gasteiger partial charge in [0.15, 0.2) is 0 Å². The molecule has 1 N–H and O–H groups in total. The van der Waals surface area contributed by atoms with Crippen molar-refractivity contribution in [1.82, 2.24) is 5.32 Å². The maximum absolute atomic E-state index is 12.2. The van der Waals surface area contributed by atoms with Gasteiger partial charge in [-0.25, -0.2) is 0 Å². The lowest BCUT2D eigenvalue weighted by atomic mass is 10.0. The lowest BCUT2D eigenvalue weighted by Gasteiger charge is -2.13.